The number of carbonyl (C=O) groups excluding carboxylic acids is 3. The lowest BCUT2D eigenvalue weighted by Crippen LogP contribution is -2.30. The molecule has 118 valence electrons. The van der Waals surface area contributed by atoms with Crippen molar-refractivity contribution in [2.75, 3.05) is 11.9 Å². The molecule has 1 heterocycles. The molecule has 5 heteroatoms. The van der Waals surface area contributed by atoms with Gasteiger partial charge in [0.05, 0.1) is 0 Å². The zero-order valence-corrected chi connectivity index (χ0v) is 13.1. The van der Waals surface area contributed by atoms with Crippen molar-refractivity contribution in [1.82, 2.24) is 4.90 Å². The van der Waals surface area contributed by atoms with Crippen molar-refractivity contribution in [1.29, 1.82) is 0 Å². The number of imide groups is 1. The molecule has 1 aliphatic rings. The van der Waals surface area contributed by atoms with Crippen molar-refractivity contribution in [3.63, 3.8) is 0 Å². The lowest BCUT2D eigenvalue weighted by molar-refractivity contribution is -0.138. The van der Waals surface area contributed by atoms with Gasteiger partial charge >= 0.3 is 0 Å². The van der Waals surface area contributed by atoms with Crippen LogP contribution in [-0.2, 0) is 20.8 Å². The highest BCUT2D eigenvalue weighted by Gasteiger charge is 2.28. The second-order valence-corrected chi connectivity index (χ2v) is 5.55. The van der Waals surface area contributed by atoms with Crippen LogP contribution in [-0.4, -0.2) is 29.2 Å². The molecule has 3 amide bonds. The van der Waals surface area contributed by atoms with E-state index in [0.29, 0.717) is 32.2 Å². The number of likely N-dealkylation sites (tertiary alicyclic amines) is 1. The van der Waals surface area contributed by atoms with Crippen LogP contribution in [0.3, 0.4) is 0 Å². The lowest BCUT2D eigenvalue weighted by Gasteiger charge is -2.15. The van der Waals surface area contributed by atoms with Gasteiger partial charge < -0.3 is 5.32 Å². The van der Waals surface area contributed by atoms with E-state index in [1.807, 2.05) is 25.1 Å². The zero-order chi connectivity index (χ0) is 16.1. The number of para-hydroxylation sites is 1. The van der Waals surface area contributed by atoms with Crippen molar-refractivity contribution >= 4 is 23.4 Å². The highest BCUT2D eigenvalue weighted by Crippen LogP contribution is 2.21. The number of carbonyl (C=O) groups is 3. The fraction of sp³-hybridized carbons (Fsp3) is 0.471. The summed E-state index contributed by atoms with van der Waals surface area (Å²) in [7, 11) is 0. The first-order chi connectivity index (χ1) is 10.5. The van der Waals surface area contributed by atoms with Crippen molar-refractivity contribution < 1.29 is 14.4 Å². The molecule has 0 unspecified atom stereocenters. The Hall–Kier alpha value is -2.17. The van der Waals surface area contributed by atoms with Gasteiger partial charge in [-0.25, -0.2) is 0 Å². The van der Waals surface area contributed by atoms with Gasteiger partial charge in [-0.2, -0.15) is 0 Å². The number of anilines is 1. The van der Waals surface area contributed by atoms with Crippen molar-refractivity contribution in [2.24, 2.45) is 0 Å². The molecule has 1 aromatic carbocycles. The van der Waals surface area contributed by atoms with Crippen molar-refractivity contribution in [2.45, 2.75) is 46.0 Å². The molecule has 2 rings (SSSR count). The zero-order valence-electron chi connectivity index (χ0n) is 13.1. The van der Waals surface area contributed by atoms with E-state index in [1.54, 1.807) is 0 Å². The van der Waals surface area contributed by atoms with E-state index < -0.39 is 0 Å². The average Bonchev–Trinajstić information content (AvgIpc) is 2.81. The molecule has 0 radical (unpaired) electrons. The standard InChI is InChI=1S/C17H22N2O3/c1-3-13-7-4-6-12(2)17(13)18-14(20)8-5-11-19-15(21)9-10-16(19)22/h4,6-7H,3,5,8-11H2,1-2H3,(H,18,20). The molecule has 22 heavy (non-hydrogen) atoms. The van der Waals surface area contributed by atoms with Gasteiger partial charge in [-0.3, -0.25) is 19.3 Å². The molecule has 1 N–H and O–H groups in total. The monoisotopic (exact) mass is 302 g/mol. The quantitative estimate of drug-likeness (QED) is 0.821. The summed E-state index contributed by atoms with van der Waals surface area (Å²) in [6.07, 6.45) is 2.25. The highest BCUT2D eigenvalue weighted by molar-refractivity contribution is 6.02. The van der Waals surface area contributed by atoms with Crippen LogP contribution in [0.1, 0.15) is 43.7 Å². The van der Waals surface area contributed by atoms with Crippen LogP contribution in [0.4, 0.5) is 5.69 Å². The summed E-state index contributed by atoms with van der Waals surface area (Å²) in [4.78, 5) is 36.3. The number of amides is 3. The van der Waals surface area contributed by atoms with Crippen molar-refractivity contribution in [3.8, 4) is 0 Å². The van der Waals surface area contributed by atoms with Crippen LogP contribution in [0.2, 0.25) is 0 Å². The number of hydrogen-bond acceptors (Lipinski definition) is 3. The molecule has 5 nitrogen and oxygen atoms in total. The van der Waals surface area contributed by atoms with Crippen LogP contribution < -0.4 is 5.32 Å². The van der Waals surface area contributed by atoms with Gasteiger partial charge in [0, 0.05) is 31.5 Å². The first kappa shape index (κ1) is 16.2. The van der Waals surface area contributed by atoms with Gasteiger partial charge in [0.1, 0.15) is 0 Å². The summed E-state index contributed by atoms with van der Waals surface area (Å²) < 4.78 is 0. The van der Waals surface area contributed by atoms with E-state index >= 15 is 0 Å². The molecule has 0 bridgehead atoms. The van der Waals surface area contributed by atoms with Crippen LogP contribution in [0.5, 0.6) is 0 Å². The van der Waals surface area contributed by atoms with E-state index in [0.717, 1.165) is 23.2 Å². The maximum absolute atomic E-state index is 12.1. The Balaban J connectivity index is 1.86. The Morgan fingerprint density at radius 1 is 1.23 bits per heavy atom. The third-order valence-corrected chi connectivity index (χ3v) is 3.94. The summed E-state index contributed by atoms with van der Waals surface area (Å²) in [6, 6.07) is 5.95. The predicted molar refractivity (Wildman–Crippen MR) is 84.4 cm³/mol. The van der Waals surface area contributed by atoms with Gasteiger partial charge in [-0.15, -0.1) is 0 Å². The molecule has 1 aliphatic heterocycles. The summed E-state index contributed by atoms with van der Waals surface area (Å²) in [6.45, 7) is 4.35. The molecule has 1 fully saturated rings. The number of rotatable bonds is 6. The lowest BCUT2D eigenvalue weighted by atomic mass is 10.1. The minimum atomic E-state index is -0.127. The fourth-order valence-corrected chi connectivity index (χ4v) is 2.67. The fourth-order valence-electron chi connectivity index (χ4n) is 2.67. The van der Waals surface area contributed by atoms with Crippen LogP contribution in [0.25, 0.3) is 0 Å². The normalized spacial score (nSPS) is 14.5. The van der Waals surface area contributed by atoms with E-state index in [-0.39, 0.29) is 17.7 Å². The maximum Gasteiger partial charge on any atom is 0.229 e. The largest absolute Gasteiger partial charge is 0.326 e. The number of aryl methyl sites for hydroxylation is 2. The molecule has 0 atom stereocenters. The summed E-state index contributed by atoms with van der Waals surface area (Å²) in [5.74, 6) is -0.335. The van der Waals surface area contributed by atoms with E-state index in [9.17, 15) is 14.4 Å². The number of nitrogens with one attached hydrogen (secondary N) is 1. The van der Waals surface area contributed by atoms with Gasteiger partial charge in [0.2, 0.25) is 17.7 Å². The number of nitrogens with zero attached hydrogens (tertiary/aromatic N) is 1. The molecular weight excluding hydrogens is 280 g/mol. The molecule has 0 aliphatic carbocycles. The minimum Gasteiger partial charge on any atom is -0.326 e. The van der Waals surface area contributed by atoms with Gasteiger partial charge in [0.25, 0.3) is 0 Å². The maximum atomic E-state index is 12.1. The molecule has 0 spiro atoms. The SMILES string of the molecule is CCc1cccc(C)c1NC(=O)CCCN1C(=O)CCC1=O. The Kier molecular flexibility index (Phi) is 5.31. The van der Waals surface area contributed by atoms with Gasteiger partial charge in [-0.1, -0.05) is 25.1 Å². The Bertz CT molecular complexity index is 580. The van der Waals surface area contributed by atoms with Gasteiger partial charge in [-0.05, 0) is 30.9 Å². The smallest absolute Gasteiger partial charge is 0.229 e. The molecular formula is C17H22N2O3. The first-order valence-electron chi connectivity index (χ1n) is 7.74. The molecule has 0 saturated carbocycles. The number of benzene rings is 1. The Labute approximate surface area is 130 Å². The van der Waals surface area contributed by atoms with Gasteiger partial charge in [0.15, 0.2) is 0 Å². The topological polar surface area (TPSA) is 66.5 Å². The summed E-state index contributed by atoms with van der Waals surface area (Å²) in [5.41, 5.74) is 3.03. The average molecular weight is 302 g/mol. The Morgan fingerprint density at radius 2 is 1.91 bits per heavy atom. The second-order valence-electron chi connectivity index (χ2n) is 5.55. The van der Waals surface area contributed by atoms with E-state index in [1.165, 1.54) is 4.90 Å². The minimum absolute atomic E-state index is 0.0805. The predicted octanol–water partition coefficient (Wildman–Crippen LogP) is 2.43. The molecule has 1 saturated heterocycles. The van der Waals surface area contributed by atoms with Crippen LogP contribution >= 0.6 is 0 Å². The molecule has 1 aromatic rings. The van der Waals surface area contributed by atoms with E-state index in [4.69, 9.17) is 0 Å². The van der Waals surface area contributed by atoms with Crippen LogP contribution in [0.15, 0.2) is 18.2 Å². The third-order valence-electron chi connectivity index (χ3n) is 3.94. The Morgan fingerprint density at radius 3 is 2.55 bits per heavy atom. The van der Waals surface area contributed by atoms with Crippen molar-refractivity contribution in [3.05, 3.63) is 29.3 Å². The number of hydrogen-bond donors (Lipinski definition) is 1. The summed E-state index contributed by atoms with van der Waals surface area (Å²) in [5, 5.41) is 2.95. The van der Waals surface area contributed by atoms with E-state index in [2.05, 4.69) is 12.2 Å². The van der Waals surface area contributed by atoms with Crippen LogP contribution in [0, 0.1) is 6.92 Å². The first-order valence-corrected chi connectivity index (χ1v) is 7.74. The molecule has 0 aromatic heterocycles. The third kappa shape index (κ3) is 3.72. The highest BCUT2D eigenvalue weighted by atomic mass is 16.2. The summed E-state index contributed by atoms with van der Waals surface area (Å²) >= 11 is 0. The second kappa shape index (κ2) is 7.20.